The van der Waals surface area contributed by atoms with Crippen LogP contribution in [0, 0.1) is 11.3 Å². The van der Waals surface area contributed by atoms with E-state index in [1.807, 2.05) is 12.1 Å². The summed E-state index contributed by atoms with van der Waals surface area (Å²) in [7, 11) is 1.56. The van der Waals surface area contributed by atoms with Crippen LogP contribution in [0.4, 0.5) is 0 Å². The molecule has 20 heavy (non-hydrogen) atoms. The van der Waals surface area contributed by atoms with Crippen molar-refractivity contribution in [2.75, 3.05) is 26.9 Å². The maximum atomic E-state index is 11.5. The molecule has 0 unspecified atom stereocenters. The lowest BCUT2D eigenvalue weighted by atomic mass is 10.2. The van der Waals surface area contributed by atoms with Crippen molar-refractivity contribution in [2.45, 2.75) is 0 Å². The number of ether oxygens (including phenoxy) is 2. The summed E-state index contributed by atoms with van der Waals surface area (Å²) in [6.45, 7) is 0.668. The molecule has 2 rings (SSSR count). The quantitative estimate of drug-likeness (QED) is 0.806. The maximum absolute atomic E-state index is 11.5. The van der Waals surface area contributed by atoms with Crippen LogP contribution in [0.1, 0.15) is 5.76 Å². The first kappa shape index (κ1) is 13.9. The SMILES string of the molecule is COCCNC(=O)COc1c(C#N)oc2ccccc12. The Bertz CT molecular complexity index is 642. The summed E-state index contributed by atoms with van der Waals surface area (Å²) in [6.07, 6.45) is 0. The molecule has 1 amide bonds. The van der Waals surface area contributed by atoms with Crippen molar-refractivity contribution in [3.63, 3.8) is 0 Å². The lowest BCUT2D eigenvalue weighted by Crippen LogP contribution is -2.31. The second-order valence-electron chi connectivity index (χ2n) is 4.00. The molecule has 0 fully saturated rings. The van der Waals surface area contributed by atoms with Crippen LogP contribution in [0.5, 0.6) is 5.75 Å². The number of carbonyl (C=O) groups is 1. The normalized spacial score (nSPS) is 10.2. The molecule has 1 aromatic carbocycles. The number of nitrogens with one attached hydrogen (secondary N) is 1. The third-order valence-electron chi connectivity index (χ3n) is 2.63. The molecule has 0 saturated heterocycles. The van der Waals surface area contributed by atoms with Crippen LogP contribution < -0.4 is 10.1 Å². The van der Waals surface area contributed by atoms with Gasteiger partial charge in [0.05, 0.1) is 12.0 Å². The second-order valence-corrected chi connectivity index (χ2v) is 4.00. The molecule has 6 nitrogen and oxygen atoms in total. The van der Waals surface area contributed by atoms with Crippen molar-refractivity contribution in [1.29, 1.82) is 5.26 Å². The molecule has 0 aliphatic carbocycles. The van der Waals surface area contributed by atoms with E-state index in [1.165, 1.54) is 0 Å². The number of hydrogen-bond donors (Lipinski definition) is 1. The first-order chi connectivity index (χ1) is 9.76. The fraction of sp³-hybridized carbons (Fsp3) is 0.286. The fourth-order valence-electron chi connectivity index (χ4n) is 1.72. The summed E-state index contributed by atoms with van der Waals surface area (Å²) in [5.74, 6) is 0.0807. The number of benzene rings is 1. The highest BCUT2D eigenvalue weighted by Gasteiger charge is 2.16. The summed E-state index contributed by atoms with van der Waals surface area (Å²) < 4.78 is 15.6. The third kappa shape index (κ3) is 3.08. The van der Waals surface area contributed by atoms with Crippen LogP contribution in [-0.4, -0.2) is 32.8 Å². The van der Waals surface area contributed by atoms with Crippen LogP contribution >= 0.6 is 0 Å². The van der Waals surface area contributed by atoms with E-state index in [-0.39, 0.29) is 18.3 Å². The largest absolute Gasteiger partial charge is 0.478 e. The average Bonchev–Trinajstić information content (AvgIpc) is 2.83. The third-order valence-corrected chi connectivity index (χ3v) is 2.63. The van der Waals surface area contributed by atoms with E-state index in [0.29, 0.717) is 29.9 Å². The van der Waals surface area contributed by atoms with E-state index in [2.05, 4.69) is 5.32 Å². The molecule has 2 aromatic rings. The summed E-state index contributed by atoms with van der Waals surface area (Å²) >= 11 is 0. The van der Waals surface area contributed by atoms with Gasteiger partial charge >= 0.3 is 0 Å². The molecule has 0 aliphatic heterocycles. The van der Waals surface area contributed by atoms with Gasteiger partial charge in [0.15, 0.2) is 12.4 Å². The molecule has 0 radical (unpaired) electrons. The van der Waals surface area contributed by atoms with Gasteiger partial charge in [-0.3, -0.25) is 4.79 Å². The molecule has 0 aliphatic rings. The predicted molar refractivity (Wildman–Crippen MR) is 71.3 cm³/mol. The Balaban J connectivity index is 2.06. The minimum absolute atomic E-state index is 0.0656. The van der Waals surface area contributed by atoms with Crippen LogP contribution in [0.25, 0.3) is 11.0 Å². The van der Waals surface area contributed by atoms with Crippen molar-refractivity contribution in [2.24, 2.45) is 0 Å². The van der Waals surface area contributed by atoms with Crippen molar-refractivity contribution in [1.82, 2.24) is 5.32 Å². The van der Waals surface area contributed by atoms with Gasteiger partial charge in [-0.05, 0) is 12.1 Å². The molecule has 0 saturated carbocycles. The topological polar surface area (TPSA) is 84.5 Å². The molecule has 104 valence electrons. The van der Waals surface area contributed by atoms with Crippen molar-refractivity contribution < 1.29 is 18.7 Å². The van der Waals surface area contributed by atoms with E-state index in [9.17, 15) is 4.79 Å². The van der Waals surface area contributed by atoms with Gasteiger partial charge in [0, 0.05) is 13.7 Å². The van der Waals surface area contributed by atoms with Crippen molar-refractivity contribution in [3.05, 3.63) is 30.0 Å². The zero-order chi connectivity index (χ0) is 14.4. The number of nitrogens with zero attached hydrogens (tertiary/aromatic N) is 1. The predicted octanol–water partition coefficient (Wildman–Crippen LogP) is 1.45. The first-order valence-corrected chi connectivity index (χ1v) is 6.06. The van der Waals surface area contributed by atoms with Gasteiger partial charge in [0.2, 0.25) is 5.76 Å². The van der Waals surface area contributed by atoms with Gasteiger partial charge in [-0.15, -0.1) is 0 Å². The highest BCUT2D eigenvalue weighted by Crippen LogP contribution is 2.32. The zero-order valence-electron chi connectivity index (χ0n) is 11.0. The monoisotopic (exact) mass is 274 g/mol. The van der Waals surface area contributed by atoms with Crippen LogP contribution in [-0.2, 0) is 9.53 Å². The highest BCUT2D eigenvalue weighted by molar-refractivity contribution is 5.87. The van der Waals surface area contributed by atoms with E-state index >= 15 is 0 Å². The van der Waals surface area contributed by atoms with E-state index in [4.69, 9.17) is 19.2 Å². The van der Waals surface area contributed by atoms with Gasteiger partial charge < -0.3 is 19.2 Å². The summed E-state index contributed by atoms with van der Waals surface area (Å²) in [4.78, 5) is 11.5. The van der Waals surface area contributed by atoms with E-state index < -0.39 is 0 Å². The van der Waals surface area contributed by atoms with Gasteiger partial charge in [-0.2, -0.15) is 5.26 Å². The number of carbonyl (C=O) groups excluding carboxylic acids is 1. The first-order valence-electron chi connectivity index (χ1n) is 6.06. The Kier molecular flexibility index (Phi) is 4.58. The smallest absolute Gasteiger partial charge is 0.258 e. The number of para-hydroxylation sites is 1. The van der Waals surface area contributed by atoms with E-state index in [1.54, 1.807) is 25.3 Å². The Morgan fingerprint density at radius 2 is 2.25 bits per heavy atom. The number of nitriles is 1. The van der Waals surface area contributed by atoms with Gasteiger partial charge in [0.25, 0.3) is 5.91 Å². The summed E-state index contributed by atoms with van der Waals surface area (Å²) in [5.41, 5.74) is 0.554. The van der Waals surface area contributed by atoms with Crippen molar-refractivity contribution >= 4 is 16.9 Å². The number of fused-ring (bicyclic) bond motifs is 1. The highest BCUT2D eigenvalue weighted by atomic mass is 16.5. The molecule has 1 aromatic heterocycles. The van der Waals surface area contributed by atoms with Gasteiger partial charge in [-0.25, -0.2) is 0 Å². The molecule has 0 atom stereocenters. The van der Waals surface area contributed by atoms with Crippen LogP contribution in [0.3, 0.4) is 0 Å². The van der Waals surface area contributed by atoms with E-state index in [0.717, 1.165) is 0 Å². The lowest BCUT2D eigenvalue weighted by Gasteiger charge is -2.06. The van der Waals surface area contributed by atoms with Crippen molar-refractivity contribution in [3.8, 4) is 11.8 Å². The Morgan fingerprint density at radius 1 is 1.45 bits per heavy atom. The standard InChI is InChI=1S/C14H14N2O4/c1-18-7-6-16-13(17)9-19-14-10-4-2-3-5-11(10)20-12(14)8-15/h2-5H,6-7,9H2,1H3,(H,16,17). The molecule has 1 heterocycles. The average molecular weight is 274 g/mol. The van der Waals surface area contributed by atoms with Gasteiger partial charge in [-0.1, -0.05) is 12.1 Å². The molecular formula is C14H14N2O4. The zero-order valence-corrected chi connectivity index (χ0v) is 11.0. The minimum atomic E-state index is -0.281. The molecular weight excluding hydrogens is 260 g/mol. The Hall–Kier alpha value is -2.52. The minimum Gasteiger partial charge on any atom is -0.478 e. The number of amides is 1. The number of hydrogen-bond acceptors (Lipinski definition) is 5. The van der Waals surface area contributed by atoms with Crippen LogP contribution in [0.15, 0.2) is 28.7 Å². The number of methoxy groups -OCH3 is 1. The summed E-state index contributed by atoms with van der Waals surface area (Å²) in [6, 6.07) is 9.04. The fourth-order valence-corrected chi connectivity index (χ4v) is 1.72. The lowest BCUT2D eigenvalue weighted by molar-refractivity contribution is -0.123. The molecule has 6 heteroatoms. The van der Waals surface area contributed by atoms with Gasteiger partial charge in [0.1, 0.15) is 11.7 Å². The maximum Gasteiger partial charge on any atom is 0.258 e. The Labute approximate surface area is 115 Å². The summed E-state index contributed by atoms with van der Waals surface area (Å²) in [5, 5.41) is 12.3. The molecule has 1 N–H and O–H groups in total. The number of rotatable bonds is 6. The van der Waals surface area contributed by atoms with Crippen LogP contribution in [0.2, 0.25) is 0 Å². The molecule has 0 bridgehead atoms. The second kappa shape index (κ2) is 6.59. The Morgan fingerprint density at radius 3 is 3.00 bits per heavy atom. The molecule has 0 spiro atoms. The number of furan rings is 1.